The Labute approximate surface area is 118 Å². The number of alkyl halides is 3. The van der Waals surface area contributed by atoms with Crippen LogP contribution < -0.4 is 5.32 Å². The largest absolute Gasteiger partial charge is 0.417 e. The second-order valence-electron chi connectivity index (χ2n) is 5.21. The number of aromatic nitrogens is 1. The molecule has 1 aromatic rings. The molecule has 0 saturated heterocycles. The highest BCUT2D eigenvalue weighted by atomic mass is 19.4. The van der Waals surface area contributed by atoms with Crippen molar-refractivity contribution in [2.24, 2.45) is 5.92 Å². The Morgan fingerprint density at radius 3 is 2.40 bits per heavy atom. The van der Waals surface area contributed by atoms with Crippen molar-refractivity contribution in [1.29, 1.82) is 0 Å². The molecule has 0 radical (unpaired) electrons. The first-order chi connectivity index (χ1) is 9.38. The third kappa shape index (κ3) is 5.12. The van der Waals surface area contributed by atoms with E-state index in [9.17, 15) is 13.2 Å². The lowest BCUT2D eigenvalue weighted by Gasteiger charge is -2.21. The molecule has 0 bridgehead atoms. The number of hydrogen-bond donors (Lipinski definition) is 1. The van der Waals surface area contributed by atoms with Crippen molar-refractivity contribution in [2.45, 2.75) is 52.3 Å². The zero-order valence-electron chi connectivity index (χ0n) is 12.3. The molecule has 5 heteroatoms. The highest BCUT2D eigenvalue weighted by molar-refractivity contribution is 5.19. The van der Waals surface area contributed by atoms with Gasteiger partial charge in [-0.25, -0.2) is 0 Å². The predicted octanol–water partition coefficient (Wildman–Crippen LogP) is 4.58. The highest BCUT2D eigenvalue weighted by Crippen LogP contribution is 2.30. The molecule has 0 aromatic carbocycles. The van der Waals surface area contributed by atoms with Gasteiger partial charge in [0, 0.05) is 12.2 Å². The number of halogens is 3. The lowest BCUT2D eigenvalue weighted by atomic mass is 9.95. The van der Waals surface area contributed by atoms with E-state index in [2.05, 4.69) is 24.1 Å². The fourth-order valence-electron chi connectivity index (χ4n) is 2.35. The quantitative estimate of drug-likeness (QED) is 0.794. The molecule has 0 aliphatic rings. The summed E-state index contributed by atoms with van der Waals surface area (Å²) in [5, 5.41) is 3.30. The summed E-state index contributed by atoms with van der Waals surface area (Å²) in [4.78, 5) is 3.99. The van der Waals surface area contributed by atoms with Gasteiger partial charge in [0.05, 0.1) is 11.3 Å². The number of nitrogens with zero attached hydrogens (tertiary/aromatic N) is 1. The lowest BCUT2D eigenvalue weighted by molar-refractivity contribution is -0.137. The zero-order valence-corrected chi connectivity index (χ0v) is 12.3. The van der Waals surface area contributed by atoms with Crippen LogP contribution in [0.3, 0.4) is 0 Å². The monoisotopic (exact) mass is 288 g/mol. The van der Waals surface area contributed by atoms with E-state index in [0.717, 1.165) is 38.1 Å². The van der Waals surface area contributed by atoms with Crippen molar-refractivity contribution in [3.63, 3.8) is 0 Å². The van der Waals surface area contributed by atoms with E-state index in [4.69, 9.17) is 0 Å². The van der Waals surface area contributed by atoms with E-state index in [1.54, 1.807) is 0 Å². The van der Waals surface area contributed by atoms with Crippen molar-refractivity contribution in [1.82, 2.24) is 10.3 Å². The topological polar surface area (TPSA) is 24.9 Å². The van der Waals surface area contributed by atoms with Crippen LogP contribution >= 0.6 is 0 Å². The summed E-state index contributed by atoms with van der Waals surface area (Å²) in [6, 6.07) is 2.61. The molecule has 0 saturated carbocycles. The summed E-state index contributed by atoms with van der Waals surface area (Å²) in [5.74, 6) is 0.521. The minimum absolute atomic E-state index is 0.0174. The molecule has 0 aliphatic heterocycles. The van der Waals surface area contributed by atoms with E-state index in [1.165, 1.54) is 6.07 Å². The molecule has 2 atom stereocenters. The van der Waals surface area contributed by atoms with Crippen LogP contribution in [0.15, 0.2) is 18.3 Å². The third-order valence-electron chi connectivity index (χ3n) is 3.34. The van der Waals surface area contributed by atoms with Crippen LogP contribution in [0.5, 0.6) is 0 Å². The zero-order chi connectivity index (χ0) is 15.2. The predicted molar refractivity (Wildman–Crippen MR) is 74.3 cm³/mol. The van der Waals surface area contributed by atoms with Crippen molar-refractivity contribution in [3.8, 4) is 0 Å². The van der Waals surface area contributed by atoms with Crippen molar-refractivity contribution in [3.05, 3.63) is 29.6 Å². The molecule has 114 valence electrons. The van der Waals surface area contributed by atoms with Crippen LogP contribution in [0.2, 0.25) is 0 Å². The first-order valence-electron chi connectivity index (χ1n) is 7.15. The van der Waals surface area contributed by atoms with Gasteiger partial charge < -0.3 is 5.32 Å². The fraction of sp³-hybridized carbons (Fsp3) is 0.667. The summed E-state index contributed by atoms with van der Waals surface area (Å²) in [7, 11) is 0. The SMILES string of the molecule is CCCC(C)CC(NCC)c1ccc(C(F)(F)F)cn1. The van der Waals surface area contributed by atoms with Gasteiger partial charge in [-0.2, -0.15) is 13.2 Å². The van der Waals surface area contributed by atoms with Gasteiger partial charge in [0.15, 0.2) is 0 Å². The molecule has 0 spiro atoms. The molecular formula is C15H23F3N2. The molecule has 2 nitrogen and oxygen atoms in total. The van der Waals surface area contributed by atoms with Gasteiger partial charge in [0.2, 0.25) is 0 Å². The molecule has 2 unspecified atom stereocenters. The Balaban J connectivity index is 2.81. The van der Waals surface area contributed by atoms with Crippen LogP contribution in [-0.4, -0.2) is 11.5 Å². The molecule has 20 heavy (non-hydrogen) atoms. The highest BCUT2D eigenvalue weighted by Gasteiger charge is 2.31. The van der Waals surface area contributed by atoms with E-state index in [-0.39, 0.29) is 6.04 Å². The summed E-state index contributed by atoms with van der Waals surface area (Å²) >= 11 is 0. The molecule has 1 aromatic heterocycles. The van der Waals surface area contributed by atoms with E-state index >= 15 is 0 Å². The second-order valence-corrected chi connectivity index (χ2v) is 5.21. The molecule has 1 heterocycles. The standard InChI is InChI=1S/C15H23F3N2/c1-4-6-11(3)9-14(19-5-2)13-8-7-12(10-20-13)15(16,17)18/h7-8,10-11,14,19H,4-6,9H2,1-3H3. The Hall–Kier alpha value is -1.10. The fourth-order valence-corrected chi connectivity index (χ4v) is 2.35. The Kier molecular flexibility index (Phi) is 6.46. The lowest BCUT2D eigenvalue weighted by Crippen LogP contribution is -2.24. The first kappa shape index (κ1) is 17.0. The maximum atomic E-state index is 12.5. The number of pyridine rings is 1. The average Bonchev–Trinajstić information content (AvgIpc) is 2.38. The third-order valence-corrected chi connectivity index (χ3v) is 3.34. The molecule has 0 aliphatic carbocycles. The number of rotatable bonds is 7. The van der Waals surface area contributed by atoms with Gasteiger partial charge in [-0.3, -0.25) is 4.98 Å². The number of hydrogen-bond acceptors (Lipinski definition) is 2. The van der Waals surface area contributed by atoms with Gasteiger partial charge in [-0.1, -0.05) is 33.6 Å². The molecule has 0 fully saturated rings. The van der Waals surface area contributed by atoms with Gasteiger partial charge in [0.1, 0.15) is 0 Å². The summed E-state index contributed by atoms with van der Waals surface area (Å²) in [6.45, 7) is 7.06. The van der Waals surface area contributed by atoms with Gasteiger partial charge in [0.25, 0.3) is 0 Å². The van der Waals surface area contributed by atoms with Crippen LogP contribution in [0, 0.1) is 5.92 Å². The van der Waals surface area contributed by atoms with Crippen molar-refractivity contribution >= 4 is 0 Å². The van der Waals surface area contributed by atoms with Crippen molar-refractivity contribution in [2.75, 3.05) is 6.54 Å². The van der Waals surface area contributed by atoms with E-state index < -0.39 is 11.7 Å². The van der Waals surface area contributed by atoms with Gasteiger partial charge >= 0.3 is 6.18 Å². The minimum atomic E-state index is -4.32. The van der Waals surface area contributed by atoms with Crippen LogP contribution in [0.1, 0.15) is 57.3 Å². The Bertz CT molecular complexity index is 387. The first-order valence-corrected chi connectivity index (χ1v) is 7.15. The number of nitrogens with one attached hydrogen (secondary N) is 1. The molecule has 1 N–H and O–H groups in total. The Morgan fingerprint density at radius 1 is 1.25 bits per heavy atom. The second kappa shape index (κ2) is 7.62. The van der Waals surface area contributed by atoms with Crippen LogP contribution in [0.4, 0.5) is 13.2 Å². The minimum Gasteiger partial charge on any atom is -0.309 e. The normalized spacial score (nSPS) is 15.1. The van der Waals surface area contributed by atoms with E-state index in [0.29, 0.717) is 11.6 Å². The average molecular weight is 288 g/mol. The molecular weight excluding hydrogens is 265 g/mol. The maximum absolute atomic E-state index is 12.5. The summed E-state index contributed by atoms with van der Waals surface area (Å²) < 4.78 is 37.6. The Morgan fingerprint density at radius 2 is 1.95 bits per heavy atom. The van der Waals surface area contributed by atoms with Crippen molar-refractivity contribution < 1.29 is 13.2 Å². The van der Waals surface area contributed by atoms with Crippen LogP contribution in [0.25, 0.3) is 0 Å². The van der Waals surface area contributed by atoms with Crippen LogP contribution in [-0.2, 0) is 6.18 Å². The van der Waals surface area contributed by atoms with Gasteiger partial charge in [-0.15, -0.1) is 0 Å². The molecule has 1 rings (SSSR count). The maximum Gasteiger partial charge on any atom is 0.417 e. The summed E-state index contributed by atoms with van der Waals surface area (Å²) in [6.07, 6.45) is -0.290. The molecule has 0 amide bonds. The smallest absolute Gasteiger partial charge is 0.309 e. The van der Waals surface area contributed by atoms with Gasteiger partial charge in [-0.05, 0) is 31.0 Å². The van der Waals surface area contributed by atoms with E-state index in [1.807, 2.05) is 6.92 Å². The summed E-state index contributed by atoms with van der Waals surface area (Å²) in [5.41, 5.74) is -0.0130.